The fourth-order valence-corrected chi connectivity index (χ4v) is 5.63. The van der Waals surface area contributed by atoms with E-state index in [9.17, 15) is 4.79 Å². The second kappa shape index (κ2) is 11.6. The summed E-state index contributed by atoms with van der Waals surface area (Å²) in [5, 5.41) is 9.39. The largest absolute Gasteiger partial charge is 0.360 e. The third-order valence-electron chi connectivity index (χ3n) is 7.59. The number of nitrogens with zero attached hydrogens (tertiary/aromatic N) is 2. The lowest BCUT2D eigenvalue weighted by Crippen LogP contribution is -2.53. The monoisotopic (exact) mass is 482 g/mol. The van der Waals surface area contributed by atoms with E-state index in [1.165, 1.54) is 28.3 Å². The molecule has 3 aromatic rings. The minimum absolute atomic E-state index is 0.192. The number of amides is 1. The highest BCUT2D eigenvalue weighted by molar-refractivity contribution is 5.85. The normalized spacial score (nSPS) is 19.2. The lowest BCUT2D eigenvalue weighted by molar-refractivity contribution is -0.135. The van der Waals surface area contributed by atoms with Crippen LogP contribution in [0.5, 0.6) is 0 Å². The van der Waals surface area contributed by atoms with Crippen LogP contribution in [-0.4, -0.2) is 61.0 Å². The number of hydrogen-bond donors (Lipinski definition) is 2. The summed E-state index contributed by atoms with van der Waals surface area (Å²) in [6, 6.07) is 25.3. The van der Waals surface area contributed by atoms with Gasteiger partial charge < -0.3 is 20.4 Å². The molecule has 2 atom stereocenters. The molecule has 1 amide bonds. The number of piperidine rings is 1. The van der Waals surface area contributed by atoms with E-state index in [1.807, 2.05) is 0 Å². The predicted molar refractivity (Wildman–Crippen MR) is 148 cm³/mol. The van der Waals surface area contributed by atoms with Gasteiger partial charge in [0.2, 0.25) is 5.91 Å². The van der Waals surface area contributed by atoms with Crippen molar-refractivity contribution in [2.24, 2.45) is 5.92 Å². The lowest BCUT2D eigenvalue weighted by atomic mass is 9.90. The van der Waals surface area contributed by atoms with Gasteiger partial charge in [0.05, 0.1) is 5.82 Å². The van der Waals surface area contributed by atoms with Crippen LogP contribution in [0.15, 0.2) is 85.2 Å². The Bertz CT molecular complexity index is 1170. The van der Waals surface area contributed by atoms with E-state index in [0.717, 1.165) is 57.9 Å². The minimum Gasteiger partial charge on any atom is -0.360 e. The first-order valence-corrected chi connectivity index (χ1v) is 13.4. The van der Waals surface area contributed by atoms with Crippen molar-refractivity contribution in [3.8, 4) is 0 Å². The maximum Gasteiger partial charge on any atom is 0.245 e. The molecule has 0 saturated carbocycles. The molecule has 0 aliphatic carbocycles. The molecule has 5 rings (SSSR count). The summed E-state index contributed by atoms with van der Waals surface area (Å²) in [6.45, 7) is 9.68. The fraction of sp³-hybridized carbons (Fsp3) is 0.387. The van der Waals surface area contributed by atoms with Crippen molar-refractivity contribution in [3.05, 3.63) is 96.3 Å². The summed E-state index contributed by atoms with van der Waals surface area (Å²) < 4.78 is 0. The number of fused-ring (bicyclic) bond motifs is 1. The number of benzene rings is 3. The zero-order valence-electron chi connectivity index (χ0n) is 21.2. The van der Waals surface area contributed by atoms with Crippen LogP contribution in [0.2, 0.25) is 0 Å². The van der Waals surface area contributed by atoms with Crippen LogP contribution in [0.1, 0.15) is 24.0 Å². The van der Waals surface area contributed by atoms with Crippen molar-refractivity contribution in [1.29, 1.82) is 0 Å². The van der Waals surface area contributed by atoms with Gasteiger partial charge in [-0.15, -0.1) is 0 Å². The van der Waals surface area contributed by atoms with Gasteiger partial charge in [0.25, 0.3) is 0 Å². The predicted octanol–water partition coefficient (Wildman–Crippen LogP) is 4.20. The molecule has 2 unspecified atom stereocenters. The Morgan fingerprint density at radius 1 is 0.917 bits per heavy atom. The Balaban J connectivity index is 1.32. The molecule has 2 heterocycles. The Morgan fingerprint density at radius 3 is 2.47 bits per heavy atom. The minimum atomic E-state index is -0.330. The Kier molecular flexibility index (Phi) is 7.87. The lowest BCUT2D eigenvalue weighted by Gasteiger charge is -2.37. The maximum atomic E-state index is 14.0. The maximum absolute atomic E-state index is 14.0. The van der Waals surface area contributed by atoms with Crippen LogP contribution in [0.4, 0.5) is 0 Å². The smallest absolute Gasteiger partial charge is 0.245 e. The molecule has 5 heteroatoms. The number of carbonyl (C=O) groups excluding carboxylic acids is 1. The molecule has 2 fully saturated rings. The summed E-state index contributed by atoms with van der Waals surface area (Å²) in [6.07, 6.45) is 3.91. The van der Waals surface area contributed by atoms with Crippen LogP contribution >= 0.6 is 0 Å². The molecule has 2 aliphatic heterocycles. The van der Waals surface area contributed by atoms with Gasteiger partial charge in [0, 0.05) is 45.7 Å². The van der Waals surface area contributed by atoms with Crippen LogP contribution in [-0.2, 0) is 17.6 Å². The SMILES string of the molecule is C=C(NC(Cc1ccc2ccccc2c1)C(=O)N1CCCC(Cc2ccccc2)C1)N1CCNCC1. The highest BCUT2D eigenvalue weighted by Crippen LogP contribution is 2.23. The van der Waals surface area contributed by atoms with Gasteiger partial charge in [-0.3, -0.25) is 4.79 Å². The number of rotatable bonds is 8. The van der Waals surface area contributed by atoms with E-state index in [-0.39, 0.29) is 11.9 Å². The Labute approximate surface area is 215 Å². The average molecular weight is 483 g/mol. The fourth-order valence-electron chi connectivity index (χ4n) is 5.63. The van der Waals surface area contributed by atoms with Crippen LogP contribution in [0.25, 0.3) is 10.8 Å². The first-order chi connectivity index (χ1) is 17.7. The van der Waals surface area contributed by atoms with Gasteiger partial charge in [-0.2, -0.15) is 0 Å². The van der Waals surface area contributed by atoms with E-state index in [2.05, 4.69) is 99.8 Å². The molecule has 2 saturated heterocycles. The molecule has 2 aliphatic rings. The topological polar surface area (TPSA) is 47.6 Å². The van der Waals surface area contributed by atoms with E-state index in [4.69, 9.17) is 0 Å². The number of likely N-dealkylation sites (tertiary alicyclic amines) is 1. The van der Waals surface area contributed by atoms with Gasteiger partial charge in [0.1, 0.15) is 6.04 Å². The third-order valence-corrected chi connectivity index (χ3v) is 7.59. The van der Waals surface area contributed by atoms with Crippen molar-refractivity contribution in [2.75, 3.05) is 39.3 Å². The van der Waals surface area contributed by atoms with E-state index < -0.39 is 0 Å². The molecule has 2 N–H and O–H groups in total. The van der Waals surface area contributed by atoms with Crippen molar-refractivity contribution in [1.82, 2.24) is 20.4 Å². The summed E-state index contributed by atoms with van der Waals surface area (Å²) >= 11 is 0. The summed E-state index contributed by atoms with van der Waals surface area (Å²) in [5.41, 5.74) is 2.53. The Morgan fingerprint density at radius 2 is 1.67 bits per heavy atom. The molecule has 5 nitrogen and oxygen atoms in total. The molecular formula is C31H38N4O. The standard InChI is InChI=1S/C31H38N4O/c1-24(34-18-15-32-16-19-34)33-30(22-26-13-14-28-11-5-6-12-29(28)21-26)31(36)35-17-7-10-27(23-35)20-25-8-3-2-4-9-25/h2-6,8-9,11-14,21,27,30,32-33H,1,7,10,15-20,22-23H2. The highest BCUT2D eigenvalue weighted by atomic mass is 16.2. The van der Waals surface area contributed by atoms with Crippen molar-refractivity contribution in [3.63, 3.8) is 0 Å². The molecule has 0 bridgehead atoms. The van der Waals surface area contributed by atoms with Crippen molar-refractivity contribution < 1.29 is 4.79 Å². The number of piperazine rings is 1. The van der Waals surface area contributed by atoms with Crippen LogP contribution in [0.3, 0.4) is 0 Å². The molecule has 0 aromatic heterocycles. The van der Waals surface area contributed by atoms with Crippen LogP contribution in [0, 0.1) is 5.92 Å². The van der Waals surface area contributed by atoms with Crippen molar-refractivity contribution >= 4 is 16.7 Å². The number of hydrogen-bond acceptors (Lipinski definition) is 4. The quantitative estimate of drug-likeness (QED) is 0.505. The van der Waals surface area contributed by atoms with Gasteiger partial charge >= 0.3 is 0 Å². The zero-order chi connectivity index (χ0) is 24.7. The van der Waals surface area contributed by atoms with Gasteiger partial charge in [0.15, 0.2) is 0 Å². The Hall–Kier alpha value is -3.31. The van der Waals surface area contributed by atoms with Gasteiger partial charge in [-0.05, 0) is 47.1 Å². The van der Waals surface area contributed by atoms with Crippen molar-refractivity contribution in [2.45, 2.75) is 31.7 Å². The average Bonchev–Trinajstić information content (AvgIpc) is 2.93. The summed E-state index contributed by atoms with van der Waals surface area (Å²) in [5.74, 6) is 1.55. The van der Waals surface area contributed by atoms with Gasteiger partial charge in [-0.25, -0.2) is 0 Å². The molecular weight excluding hydrogens is 444 g/mol. The van der Waals surface area contributed by atoms with Gasteiger partial charge in [-0.1, -0.05) is 79.4 Å². The summed E-state index contributed by atoms with van der Waals surface area (Å²) in [7, 11) is 0. The second-order valence-electron chi connectivity index (χ2n) is 10.2. The highest BCUT2D eigenvalue weighted by Gasteiger charge is 2.30. The molecule has 0 radical (unpaired) electrons. The molecule has 36 heavy (non-hydrogen) atoms. The zero-order valence-corrected chi connectivity index (χ0v) is 21.2. The number of nitrogens with one attached hydrogen (secondary N) is 2. The van der Waals surface area contributed by atoms with Crippen LogP contribution < -0.4 is 10.6 Å². The summed E-state index contributed by atoms with van der Waals surface area (Å²) in [4.78, 5) is 18.3. The first-order valence-electron chi connectivity index (χ1n) is 13.4. The number of carbonyl (C=O) groups is 1. The molecule has 0 spiro atoms. The molecule has 188 valence electrons. The molecule has 3 aromatic carbocycles. The van der Waals surface area contributed by atoms with E-state index in [0.29, 0.717) is 12.3 Å². The van der Waals surface area contributed by atoms with E-state index in [1.54, 1.807) is 0 Å². The third kappa shape index (κ3) is 6.08. The first kappa shape index (κ1) is 24.4. The second-order valence-corrected chi connectivity index (χ2v) is 10.2. The van der Waals surface area contributed by atoms with E-state index >= 15 is 0 Å².